The average molecular weight is 685 g/mol. The van der Waals surface area contributed by atoms with Gasteiger partial charge in [-0.15, -0.1) is 0 Å². The summed E-state index contributed by atoms with van der Waals surface area (Å²) in [6, 6.07) is 0. The van der Waals surface area contributed by atoms with Crippen LogP contribution in [0.3, 0.4) is 0 Å². The molecule has 0 aromatic rings. The first-order valence-corrected chi connectivity index (χ1v) is 14.0. The summed E-state index contributed by atoms with van der Waals surface area (Å²) < 4.78 is 158. The highest BCUT2D eigenvalue weighted by molar-refractivity contribution is 5.76. The van der Waals surface area contributed by atoms with Crippen molar-refractivity contribution in [1.82, 2.24) is 0 Å². The van der Waals surface area contributed by atoms with Gasteiger partial charge < -0.3 is 24.4 Å². The Morgan fingerprint density at radius 2 is 1.31 bits per heavy atom. The molecule has 1 saturated carbocycles. The van der Waals surface area contributed by atoms with E-state index in [0.29, 0.717) is 12.8 Å². The lowest BCUT2D eigenvalue weighted by Gasteiger charge is -2.42. The van der Waals surface area contributed by atoms with E-state index in [4.69, 9.17) is 9.84 Å². The van der Waals surface area contributed by atoms with Gasteiger partial charge in [-0.25, -0.2) is 0 Å². The van der Waals surface area contributed by atoms with E-state index in [1.807, 2.05) is 0 Å². The Hall–Kier alpha value is -1.95. The zero-order valence-electron chi connectivity index (χ0n) is 25.7. The van der Waals surface area contributed by atoms with Crippen LogP contribution < -0.4 is 0 Å². The van der Waals surface area contributed by atoms with Gasteiger partial charge in [0, 0.05) is 6.42 Å². The number of hydrogen-bond acceptors (Lipinski definition) is 7. The molecule has 1 aliphatic heterocycles. The minimum Gasteiger partial charge on any atom is -0.462 e. The van der Waals surface area contributed by atoms with Crippen LogP contribution in [0.4, 0.5) is 48.3 Å². The number of ether oxygens (including phenoxy) is 3. The molecule has 2 N–H and O–H groups in total. The topological polar surface area (TPSA) is 102 Å². The summed E-state index contributed by atoms with van der Waals surface area (Å²) >= 11 is 0. The smallest absolute Gasteiger partial charge is 0.449 e. The van der Waals surface area contributed by atoms with Crippen molar-refractivity contribution in [3.05, 3.63) is 0 Å². The predicted octanol–water partition coefficient (Wildman–Crippen LogP) is 7.16. The molecule has 4 unspecified atom stereocenters. The summed E-state index contributed by atoms with van der Waals surface area (Å²) in [6.45, 7) is 9.91. The fraction of sp³-hybridized carbons (Fsp3) is 0.926. The predicted molar refractivity (Wildman–Crippen MR) is 133 cm³/mol. The van der Waals surface area contributed by atoms with Gasteiger partial charge in [-0.05, 0) is 66.7 Å². The first-order chi connectivity index (χ1) is 19.8. The Balaban J connectivity index is 0.000000455. The van der Waals surface area contributed by atoms with Crippen LogP contribution in [0.1, 0.15) is 93.4 Å². The highest BCUT2D eigenvalue weighted by Crippen LogP contribution is 2.61. The van der Waals surface area contributed by atoms with E-state index in [1.165, 1.54) is 27.7 Å². The third-order valence-electron chi connectivity index (χ3n) is 8.42. The van der Waals surface area contributed by atoms with Gasteiger partial charge in [0.1, 0.15) is 12.2 Å². The van der Waals surface area contributed by atoms with Crippen molar-refractivity contribution in [2.24, 2.45) is 10.8 Å². The minimum atomic E-state index is -5.92. The normalized spacial score (nSPS) is 26.7. The lowest BCUT2D eigenvalue weighted by Crippen LogP contribution is -2.65. The number of alkyl halides is 11. The summed E-state index contributed by atoms with van der Waals surface area (Å²) in [6.07, 6.45) is -22.5. The summed E-state index contributed by atoms with van der Waals surface area (Å²) in [5, 5.41) is 18.6. The van der Waals surface area contributed by atoms with Crippen molar-refractivity contribution in [3.8, 4) is 0 Å². The van der Waals surface area contributed by atoms with E-state index in [-0.39, 0.29) is 19.3 Å². The maximum Gasteiger partial charge on any atom is 0.449 e. The Kier molecular flexibility index (Phi) is 11.8. The molecule has 18 heteroatoms. The van der Waals surface area contributed by atoms with Gasteiger partial charge in [0.2, 0.25) is 5.60 Å². The number of halogens is 11. The summed E-state index contributed by atoms with van der Waals surface area (Å²) in [4.78, 5) is 23.9. The second-order valence-corrected chi connectivity index (χ2v) is 12.6. The van der Waals surface area contributed by atoms with Gasteiger partial charge in [-0.2, -0.15) is 48.3 Å². The molecular weight excluding hydrogens is 645 g/mol. The molecule has 1 aliphatic carbocycles. The highest BCUT2D eigenvalue weighted by Gasteiger charge is 2.87. The van der Waals surface area contributed by atoms with E-state index >= 15 is 0 Å². The van der Waals surface area contributed by atoms with Crippen molar-refractivity contribution in [2.75, 3.05) is 0 Å². The summed E-state index contributed by atoms with van der Waals surface area (Å²) in [5.41, 5.74) is -9.93. The van der Waals surface area contributed by atoms with Crippen LogP contribution >= 0.6 is 0 Å². The van der Waals surface area contributed by atoms with Gasteiger partial charge in [0.15, 0.2) is 0 Å². The van der Waals surface area contributed by atoms with Crippen molar-refractivity contribution < 1.29 is 82.3 Å². The quantitative estimate of drug-likeness (QED) is 0.207. The van der Waals surface area contributed by atoms with Crippen LogP contribution in [0.5, 0.6) is 0 Å². The Labute approximate surface area is 252 Å². The first-order valence-electron chi connectivity index (χ1n) is 14.0. The molecule has 7 nitrogen and oxygen atoms in total. The van der Waals surface area contributed by atoms with Crippen LogP contribution in [-0.2, 0) is 23.8 Å². The molecular formula is C27H39F11O7. The zero-order valence-corrected chi connectivity index (χ0v) is 25.7. The maximum atomic E-state index is 14.8. The standard InChI is InChI=1S/C15H21F5O4.C12H18F6O3/c1-4-11(2,3)10(21)24-12-8-6-5-7-9(12)23-14(22,13(12,16)17)15(18,19)20;1-5-9(3,4)8(19)21-7(2)6-10(20,11(13,14)15)12(16,17)18/h9,22H,4-8H2,1-3H3;7,20H,5-6H2,1-4H3. The van der Waals surface area contributed by atoms with Crippen molar-refractivity contribution in [3.63, 3.8) is 0 Å². The SMILES string of the molecule is CCC(C)(C)C(=O)OC(C)CC(O)(C(F)(F)F)C(F)(F)F.CCC(C)(C)C(=O)OC12CCCCC1OC(O)(C(F)(F)F)C2(F)F. The molecule has 2 fully saturated rings. The molecule has 266 valence electrons. The number of rotatable bonds is 8. The second-order valence-electron chi connectivity index (χ2n) is 12.6. The molecule has 4 atom stereocenters. The largest absolute Gasteiger partial charge is 0.462 e. The van der Waals surface area contributed by atoms with Gasteiger partial charge in [0.05, 0.1) is 10.8 Å². The number of aliphatic hydroxyl groups is 2. The number of hydrogen-bond donors (Lipinski definition) is 2. The lowest BCUT2D eigenvalue weighted by molar-refractivity contribution is -0.412. The van der Waals surface area contributed by atoms with Gasteiger partial charge in [0.25, 0.3) is 5.60 Å². The first kappa shape index (κ1) is 41.1. The van der Waals surface area contributed by atoms with Crippen LogP contribution in [0.2, 0.25) is 0 Å². The number of esters is 2. The fourth-order valence-corrected chi connectivity index (χ4v) is 4.40. The molecule has 0 aromatic carbocycles. The second kappa shape index (κ2) is 12.9. The molecule has 2 rings (SSSR count). The number of fused-ring (bicyclic) bond motifs is 1. The molecule has 2 aliphatic rings. The molecule has 1 heterocycles. The van der Waals surface area contributed by atoms with Crippen molar-refractivity contribution in [1.29, 1.82) is 0 Å². The van der Waals surface area contributed by atoms with Crippen molar-refractivity contribution >= 4 is 11.9 Å². The number of carbonyl (C=O) groups is 2. The molecule has 1 saturated heterocycles. The van der Waals surface area contributed by atoms with Crippen LogP contribution in [0, 0.1) is 10.8 Å². The molecule has 0 amide bonds. The third-order valence-corrected chi connectivity index (χ3v) is 8.42. The summed E-state index contributed by atoms with van der Waals surface area (Å²) in [5.74, 6) is -11.5. The molecule has 0 aromatic heterocycles. The van der Waals surface area contributed by atoms with E-state index in [0.717, 1.165) is 6.92 Å². The fourth-order valence-electron chi connectivity index (χ4n) is 4.40. The Morgan fingerprint density at radius 1 is 0.867 bits per heavy atom. The highest BCUT2D eigenvalue weighted by atomic mass is 19.4. The maximum absolute atomic E-state index is 14.8. The van der Waals surface area contributed by atoms with E-state index < -0.39 is 89.3 Å². The van der Waals surface area contributed by atoms with Gasteiger partial charge in [-0.1, -0.05) is 20.3 Å². The monoisotopic (exact) mass is 684 g/mol. The van der Waals surface area contributed by atoms with E-state index in [2.05, 4.69) is 9.47 Å². The molecule has 0 radical (unpaired) electrons. The molecule has 45 heavy (non-hydrogen) atoms. The Morgan fingerprint density at radius 3 is 1.71 bits per heavy atom. The van der Waals surface area contributed by atoms with E-state index in [9.17, 15) is 63.0 Å². The van der Waals surface area contributed by atoms with Crippen LogP contribution in [0.25, 0.3) is 0 Å². The third kappa shape index (κ3) is 7.63. The Bertz CT molecular complexity index is 1040. The molecule has 0 spiro atoms. The lowest BCUT2D eigenvalue weighted by atomic mass is 9.77. The minimum absolute atomic E-state index is 0.142. The molecule has 0 bridgehead atoms. The van der Waals surface area contributed by atoms with E-state index in [1.54, 1.807) is 13.8 Å². The van der Waals surface area contributed by atoms with Gasteiger partial charge in [-0.3, -0.25) is 9.59 Å². The van der Waals surface area contributed by atoms with Crippen LogP contribution in [-0.4, -0.2) is 75.8 Å². The zero-order chi connectivity index (χ0) is 35.9. The van der Waals surface area contributed by atoms with Gasteiger partial charge >= 0.3 is 42.2 Å². The average Bonchev–Trinajstić information content (AvgIpc) is 3.05. The summed E-state index contributed by atoms with van der Waals surface area (Å²) in [7, 11) is 0. The van der Waals surface area contributed by atoms with Crippen molar-refractivity contribution in [2.45, 2.75) is 147 Å². The van der Waals surface area contributed by atoms with Crippen LogP contribution in [0.15, 0.2) is 0 Å². The number of carbonyl (C=O) groups excluding carboxylic acids is 2.